The van der Waals surface area contributed by atoms with Crippen LogP contribution in [0.3, 0.4) is 0 Å². The summed E-state index contributed by atoms with van der Waals surface area (Å²) in [6, 6.07) is 17.1. The van der Waals surface area contributed by atoms with Gasteiger partial charge in [-0.15, -0.1) is 0 Å². The molecule has 0 saturated carbocycles. The number of nitrogens with zero attached hydrogens (tertiary/aromatic N) is 1. The lowest BCUT2D eigenvalue weighted by molar-refractivity contribution is 0.234. The Kier molecular flexibility index (Phi) is 31.5. The third-order valence-electron chi connectivity index (χ3n) is 11.9. The van der Waals surface area contributed by atoms with Crippen LogP contribution in [0.25, 0.3) is 24.3 Å². The highest BCUT2D eigenvalue weighted by molar-refractivity contribution is 5.74. The number of hydrogen-bond donors (Lipinski definition) is 0. The predicted molar refractivity (Wildman–Crippen MR) is 267 cm³/mol. The van der Waals surface area contributed by atoms with Crippen molar-refractivity contribution >= 4 is 24.3 Å². The molecule has 0 amide bonds. The number of pyridine rings is 1. The van der Waals surface area contributed by atoms with Crippen molar-refractivity contribution in [2.45, 2.75) is 213 Å². The molecule has 2 aromatic carbocycles. The Balaban J connectivity index is 1.66. The van der Waals surface area contributed by atoms with Crippen LogP contribution < -0.4 is 14.2 Å². The zero-order chi connectivity index (χ0) is 43.1. The molecule has 0 bridgehead atoms. The van der Waals surface area contributed by atoms with Crippen molar-refractivity contribution in [3.63, 3.8) is 0 Å². The topological polar surface area (TPSA) is 40.6 Å². The first kappa shape index (κ1) is 51.8. The number of aromatic nitrogens is 1. The minimum atomic E-state index is 0.691. The molecule has 4 nitrogen and oxygen atoms in total. The maximum absolute atomic E-state index is 6.64. The number of benzene rings is 2. The smallest absolute Gasteiger partial charge is 0.203 e. The third kappa shape index (κ3) is 26.5. The Hall–Kier alpha value is -3.53. The summed E-state index contributed by atoms with van der Waals surface area (Å²) in [5.74, 6) is 2.43. The molecule has 3 rings (SSSR count). The average molecular weight is 836 g/mol. The van der Waals surface area contributed by atoms with Gasteiger partial charge in [-0.1, -0.05) is 243 Å². The molecule has 0 aliphatic heterocycles. The number of ether oxygens (including phenoxy) is 3. The van der Waals surface area contributed by atoms with Gasteiger partial charge in [0.25, 0.3) is 0 Å². The fraction of sp³-hybridized carbons (Fsp3) is 0.632. The molecule has 0 atom stereocenters. The van der Waals surface area contributed by atoms with Gasteiger partial charge in [-0.3, -0.25) is 4.98 Å². The van der Waals surface area contributed by atoms with E-state index in [-0.39, 0.29) is 0 Å². The lowest BCUT2D eigenvalue weighted by Crippen LogP contribution is -2.07. The molecule has 3 aromatic rings. The Bertz CT molecular complexity index is 1450. The van der Waals surface area contributed by atoms with E-state index >= 15 is 0 Å². The van der Waals surface area contributed by atoms with Gasteiger partial charge in [0.2, 0.25) is 5.75 Å². The minimum Gasteiger partial charge on any atom is -0.490 e. The van der Waals surface area contributed by atoms with E-state index in [1.807, 2.05) is 24.5 Å². The molecule has 0 aliphatic rings. The maximum atomic E-state index is 6.64. The fourth-order valence-corrected chi connectivity index (χ4v) is 7.93. The number of hydrogen-bond acceptors (Lipinski definition) is 4. The summed E-state index contributed by atoms with van der Waals surface area (Å²) in [5.41, 5.74) is 4.54. The molecule has 1 aromatic heterocycles. The van der Waals surface area contributed by atoms with E-state index in [0.717, 1.165) is 53.2 Å². The van der Waals surface area contributed by atoms with Gasteiger partial charge in [-0.2, -0.15) is 0 Å². The van der Waals surface area contributed by atoms with E-state index in [4.69, 9.17) is 14.2 Å². The molecular formula is C57H89NO3. The Labute approximate surface area is 375 Å². The largest absolute Gasteiger partial charge is 0.490 e. The highest BCUT2D eigenvalue weighted by Crippen LogP contribution is 2.40. The molecule has 4 heteroatoms. The van der Waals surface area contributed by atoms with Crippen LogP contribution in [0.2, 0.25) is 0 Å². The van der Waals surface area contributed by atoms with Crippen LogP contribution in [-0.2, 0) is 0 Å². The van der Waals surface area contributed by atoms with Crippen molar-refractivity contribution in [1.82, 2.24) is 4.98 Å². The normalized spacial score (nSPS) is 11.6. The van der Waals surface area contributed by atoms with Crippen molar-refractivity contribution in [3.8, 4) is 17.2 Å². The third-order valence-corrected chi connectivity index (χ3v) is 11.9. The number of rotatable bonds is 40. The van der Waals surface area contributed by atoms with Gasteiger partial charge in [0.15, 0.2) is 11.5 Å². The molecule has 0 fully saturated rings. The summed E-state index contributed by atoms with van der Waals surface area (Å²) in [5, 5.41) is 0. The van der Waals surface area contributed by atoms with E-state index in [1.54, 1.807) is 0 Å². The zero-order valence-electron chi connectivity index (χ0n) is 39.6. The minimum absolute atomic E-state index is 0.691. The predicted octanol–water partition coefficient (Wildman–Crippen LogP) is 18.3. The van der Waals surface area contributed by atoms with Crippen LogP contribution in [-0.4, -0.2) is 24.8 Å². The summed E-state index contributed by atoms with van der Waals surface area (Å²) in [6.45, 7) is 8.97. The second-order valence-corrected chi connectivity index (χ2v) is 17.6. The van der Waals surface area contributed by atoms with E-state index in [1.165, 1.54) is 179 Å². The summed E-state index contributed by atoms with van der Waals surface area (Å²) in [4.78, 5) is 4.12. The SMILES string of the molecule is CCCCCCCCCCCCOc1cc(/C=C/c2ccc(/C=C/c3ccncc3)cc2)cc(OCCCCCCCCCCCC)c1OCCCCCCCCCCCC. The second kappa shape index (κ2) is 37.1. The first-order valence-electron chi connectivity index (χ1n) is 25.7. The summed E-state index contributed by atoms with van der Waals surface area (Å²) >= 11 is 0. The van der Waals surface area contributed by atoms with E-state index < -0.39 is 0 Å². The molecule has 0 aliphatic carbocycles. The lowest BCUT2D eigenvalue weighted by Gasteiger charge is -2.18. The summed E-state index contributed by atoms with van der Waals surface area (Å²) in [7, 11) is 0. The van der Waals surface area contributed by atoms with E-state index in [0.29, 0.717) is 19.8 Å². The summed E-state index contributed by atoms with van der Waals surface area (Å²) < 4.78 is 19.9. The van der Waals surface area contributed by atoms with Crippen LogP contribution in [0.15, 0.2) is 60.9 Å². The van der Waals surface area contributed by atoms with Crippen LogP contribution in [0.5, 0.6) is 17.2 Å². The first-order chi connectivity index (χ1) is 30.2. The van der Waals surface area contributed by atoms with Gasteiger partial charge in [0, 0.05) is 12.4 Å². The number of unbranched alkanes of at least 4 members (excludes halogenated alkanes) is 27. The Morgan fingerprint density at radius 1 is 0.328 bits per heavy atom. The molecule has 0 N–H and O–H groups in total. The van der Waals surface area contributed by atoms with Crippen molar-refractivity contribution in [2.75, 3.05) is 19.8 Å². The standard InChI is InChI=1S/C57H89NO3/c1-4-7-10-13-16-19-22-25-28-31-46-59-55-49-54(41-40-52-36-34-51(35-37-52)38-39-53-42-44-58-45-43-53)50-56(60-47-32-29-26-23-20-17-14-11-8-5-2)57(55)61-48-33-30-27-24-21-18-15-12-9-6-3/h34-45,49-50H,4-33,46-48H2,1-3H3/b39-38+,41-40+. The van der Waals surface area contributed by atoms with Crippen LogP contribution in [0, 0.1) is 0 Å². The second-order valence-electron chi connectivity index (χ2n) is 17.6. The molecular weight excluding hydrogens is 747 g/mol. The van der Waals surface area contributed by atoms with E-state index in [9.17, 15) is 0 Å². The first-order valence-corrected chi connectivity index (χ1v) is 25.7. The molecule has 1 heterocycles. The van der Waals surface area contributed by atoms with Gasteiger partial charge in [-0.05, 0) is 65.8 Å². The zero-order valence-corrected chi connectivity index (χ0v) is 39.6. The maximum Gasteiger partial charge on any atom is 0.203 e. The average Bonchev–Trinajstić information content (AvgIpc) is 3.29. The highest BCUT2D eigenvalue weighted by atomic mass is 16.5. The van der Waals surface area contributed by atoms with Crippen LogP contribution in [0.4, 0.5) is 0 Å². The molecule has 340 valence electrons. The van der Waals surface area contributed by atoms with Crippen LogP contribution >= 0.6 is 0 Å². The molecule has 61 heavy (non-hydrogen) atoms. The molecule has 0 unspecified atom stereocenters. The van der Waals surface area contributed by atoms with Gasteiger partial charge in [0.05, 0.1) is 19.8 Å². The molecule has 0 spiro atoms. The Morgan fingerprint density at radius 2 is 0.607 bits per heavy atom. The van der Waals surface area contributed by atoms with E-state index in [2.05, 4.69) is 86.5 Å². The quantitative estimate of drug-likeness (QED) is 0.0423. The monoisotopic (exact) mass is 836 g/mol. The van der Waals surface area contributed by atoms with Crippen molar-refractivity contribution < 1.29 is 14.2 Å². The van der Waals surface area contributed by atoms with Crippen LogP contribution in [0.1, 0.15) is 236 Å². The van der Waals surface area contributed by atoms with Gasteiger partial charge in [-0.25, -0.2) is 0 Å². The fourth-order valence-electron chi connectivity index (χ4n) is 7.93. The van der Waals surface area contributed by atoms with Crippen molar-refractivity contribution in [2.24, 2.45) is 0 Å². The van der Waals surface area contributed by atoms with Gasteiger partial charge < -0.3 is 14.2 Å². The van der Waals surface area contributed by atoms with Crippen molar-refractivity contribution in [1.29, 1.82) is 0 Å². The Morgan fingerprint density at radius 3 is 0.951 bits per heavy atom. The molecule has 0 saturated heterocycles. The molecule has 0 radical (unpaired) electrons. The summed E-state index contributed by atoms with van der Waals surface area (Å²) in [6.07, 6.45) is 51.6. The highest BCUT2D eigenvalue weighted by Gasteiger charge is 2.16. The lowest BCUT2D eigenvalue weighted by atomic mass is 10.1. The van der Waals surface area contributed by atoms with Gasteiger partial charge in [0.1, 0.15) is 0 Å². The van der Waals surface area contributed by atoms with Crippen molar-refractivity contribution in [3.05, 3.63) is 83.2 Å². The van der Waals surface area contributed by atoms with Gasteiger partial charge >= 0.3 is 0 Å².